The highest BCUT2D eigenvalue weighted by molar-refractivity contribution is 5.55. The van der Waals surface area contributed by atoms with Crippen molar-refractivity contribution in [3.8, 4) is 11.4 Å². The number of aliphatic hydroxyl groups is 1. The molecule has 0 amide bonds. The molecule has 0 aliphatic rings. The maximum atomic E-state index is 9.13. The van der Waals surface area contributed by atoms with Gasteiger partial charge in [-0.05, 0) is 31.4 Å². The summed E-state index contributed by atoms with van der Waals surface area (Å²) in [5.41, 5.74) is 3.30. The molecule has 25 heavy (non-hydrogen) atoms. The standard InChI is InChI=1S/C20H23N3O2/c1-15-7-5-10-17(13-15)20-22-19(25-23-20)14-21-18(11-6-12-24)16-8-3-2-4-9-16/h2-5,7-10,13,18,21,24H,6,11-12,14H2,1H3. The highest BCUT2D eigenvalue weighted by Gasteiger charge is 2.13. The number of hydrogen-bond donors (Lipinski definition) is 2. The normalized spacial score (nSPS) is 12.2. The molecule has 0 radical (unpaired) electrons. The van der Waals surface area contributed by atoms with Gasteiger partial charge in [-0.25, -0.2) is 0 Å². The zero-order valence-corrected chi connectivity index (χ0v) is 14.4. The number of aliphatic hydroxyl groups excluding tert-OH is 1. The predicted molar refractivity (Wildman–Crippen MR) is 96.8 cm³/mol. The van der Waals surface area contributed by atoms with Gasteiger partial charge in [0.05, 0.1) is 6.54 Å². The lowest BCUT2D eigenvalue weighted by Gasteiger charge is -2.17. The van der Waals surface area contributed by atoms with E-state index in [2.05, 4.69) is 27.6 Å². The molecule has 2 aromatic carbocycles. The minimum Gasteiger partial charge on any atom is -0.396 e. The topological polar surface area (TPSA) is 71.2 Å². The number of aromatic nitrogens is 2. The number of nitrogens with one attached hydrogen (secondary N) is 1. The molecule has 0 spiro atoms. The van der Waals surface area contributed by atoms with E-state index in [1.54, 1.807) is 0 Å². The van der Waals surface area contributed by atoms with Crippen molar-refractivity contribution in [2.75, 3.05) is 6.61 Å². The summed E-state index contributed by atoms with van der Waals surface area (Å²) in [6.07, 6.45) is 1.59. The van der Waals surface area contributed by atoms with Crippen LogP contribution < -0.4 is 5.32 Å². The molecule has 1 atom stereocenters. The lowest BCUT2D eigenvalue weighted by molar-refractivity contribution is 0.272. The highest BCUT2D eigenvalue weighted by atomic mass is 16.5. The molecule has 3 rings (SSSR count). The third kappa shape index (κ3) is 4.75. The van der Waals surface area contributed by atoms with Crippen LogP contribution in [0.3, 0.4) is 0 Å². The molecular formula is C20H23N3O2. The fraction of sp³-hybridized carbons (Fsp3) is 0.300. The smallest absolute Gasteiger partial charge is 0.240 e. The van der Waals surface area contributed by atoms with Gasteiger partial charge in [0.25, 0.3) is 0 Å². The van der Waals surface area contributed by atoms with Gasteiger partial charge in [-0.3, -0.25) is 0 Å². The first kappa shape index (κ1) is 17.3. The number of aryl methyl sites for hydroxylation is 1. The lowest BCUT2D eigenvalue weighted by Crippen LogP contribution is -2.21. The van der Waals surface area contributed by atoms with Gasteiger partial charge in [-0.2, -0.15) is 4.98 Å². The van der Waals surface area contributed by atoms with Crippen molar-refractivity contribution < 1.29 is 9.63 Å². The van der Waals surface area contributed by atoms with E-state index in [1.165, 1.54) is 5.56 Å². The average Bonchev–Trinajstić information content (AvgIpc) is 3.12. The van der Waals surface area contributed by atoms with Gasteiger partial charge in [0.1, 0.15) is 0 Å². The lowest BCUT2D eigenvalue weighted by atomic mass is 10.0. The maximum Gasteiger partial charge on any atom is 0.240 e. The molecule has 1 heterocycles. The van der Waals surface area contributed by atoms with Crippen LogP contribution in [-0.4, -0.2) is 21.9 Å². The van der Waals surface area contributed by atoms with Crippen LogP contribution in [0.25, 0.3) is 11.4 Å². The second-order valence-electron chi connectivity index (χ2n) is 6.09. The van der Waals surface area contributed by atoms with Crippen molar-refractivity contribution in [2.24, 2.45) is 0 Å². The van der Waals surface area contributed by atoms with Gasteiger partial charge < -0.3 is 14.9 Å². The Bertz CT molecular complexity index is 786. The number of nitrogens with zero attached hydrogens (tertiary/aromatic N) is 2. The van der Waals surface area contributed by atoms with Crippen LogP contribution in [0.2, 0.25) is 0 Å². The Hall–Kier alpha value is -2.50. The predicted octanol–water partition coefficient (Wildman–Crippen LogP) is 3.65. The number of hydrogen-bond acceptors (Lipinski definition) is 5. The summed E-state index contributed by atoms with van der Waals surface area (Å²) < 4.78 is 5.38. The molecule has 0 bridgehead atoms. The maximum absolute atomic E-state index is 9.13. The molecule has 1 aromatic heterocycles. The van der Waals surface area contributed by atoms with E-state index < -0.39 is 0 Å². The van der Waals surface area contributed by atoms with E-state index in [-0.39, 0.29) is 12.6 Å². The van der Waals surface area contributed by atoms with Crippen molar-refractivity contribution in [1.82, 2.24) is 15.5 Å². The Morgan fingerprint density at radius 2 is 1.96 bits per heavy atom. The third-order valence-corrected chi connectivity index (χ3v) is 4.10. The van der Waals surface area contributed by atoms with Gasteiger partial charge in [0.15, 0.2) is 0 Å². The second kappa shape index (κ2) is 8.55. The number of benzene rings is 2. The van der Waals surface area contributed by atoms with Crippen LogP contribution in [0.1, 0.15) is 35.9 Å². The van der Waals surface area contributed by atoms with Crippen LogP contribution >= 0.6 is 0 Å². The van der Waals surface area contributed by atoms with Crippen LogP contribution in [0, 0.1) is 6.92 Å². The molecule has 0 aliphatic heterocycles. The summed E-state index contributed by atoms with van der Waals surface area (Å²) in [5, 5.41) is 16.7. The van der Waals surface area contributed by atoms with Crippen molar-refractivity contribution in [3.05, 3.63) is 71.6 Å². The molecule has 3 aromatic rings. The zero-order chi connectivity index (χ0) is 17.5. The molecule has 2 N–H and O–H groups in total. The summed E-state index contributed by atoms with van der Waals surface area (Å²) in [4.78, 5) is 4.48. The fourth-order valence-electron chi connectivity index (χ4n) is 2.81. The summed E-state index contributed by atoms with van der Waals surface area (Å²) in [5.74, 6) is 1.16. The Morgan fingerprint density at radius 1 is 1.12 bits per heavy atom. The van der Waals surface area contributed by atoms with E-state index in [1.807, 2.05) is 49.4 Å². The van der Waals surface area contributed by atoms with Gasteiger partial charge >= 0.3 is 0 Å². The van der Waals surface area contributed by atoms with E-state index >= 15 is 0 Å². The third-order valence-electron chi connectivity index (χ3n) is 4.10. The molecule has 5 nitrogen and oxygen atoms in total. The van der Waals surface area contributed by atoms with Crippen molar-refractivity contribution in [3.63, 3.8) is 0 Å². The fourth-order valence-corrected chi connectivity index (χ4v) is 2.81. The molecule has 0 aliphatic carbocycles. The Morgan fingerprint density at radius 3 is 2.72 bits per heavy atom. The molecular weight excluding hydrogens is 314 g/mol. The molecule has 1 unspecified atom stereocenters. The average molecular weight is 337 g/mol. The van der Waals surface area contributed by atoms with Crippen LogP contribution in [0.15, 0.2) is 59.1 Å². The van der Waals surface area contributed by atoms with E-state index in [9.17, 15) is 0 Å². The minimum atomic E-state index is 0.141. The summed E-state index contributed by atoms with van der Waals surface area (Å²) >= 11 is 0. The molecule has 0 saturated heterocycles. The monoisotopic (exact) mass is 337 g/mol. The Balaban J connectivity index is 1.67. The zero-order valence-electron chi connectivity index (χ0n) is 14.4. The molecule has 5 heteroatoms. The minimum absolute atomic E-state index is 0.141. The molecule has 0 fully saturated rings. The summed E-state index contributed by atoms with van der Waals surface area (Å²) in [6.45, 7) is 2.71. The first-order chi connectivity index (χ1) is 12.3. The van der Waals surface area contributed by atoms with Crippen LogP contribution in [0.5, 0.6) is 0 Å². The van der Waals surface area contributed by atoms with Crippen molar-refractivity contribution >= 4 is 0 Å². The quantitative estimate of drug-likeness (QED) is 0.656. The van der Waals surface area contributed by atoms with Gasteiger partial charge in [-0.1, -0.05) is 59.3 Å². The summed E-state index contributed by atoms with van der Waals surface area (Å²) in [6, 6.07) is 18.4. The Kier molecular flexibility index (Phi) is 5.93. The van der Waals surface area contributed by atoms with Gasteiger partial charge in [-0.15, -0.1) is 0 Å². The molecule has 0 saturated carbocycles. The largest absolute Gasteiger partial charge is 0.396 e. The van der Waals surface area contributed by atoms with Gasteiger partial charge in [0.2, 0.25) is 11.7 Å². The first-order valence-electron chi connectivity index (χ1n) is 8.55. The van der Waals surface area contributed by atoms with E-state index in [0.717, 1.165) is 24.0 Å². The SMILES string of the molecule is Cc1cccc(-c2noc(CNC(CCCO)c3ccccc3)n2)c1. The van der Waals surface area contributed by atoms with Crippen molar-refractivity contribution in [1.29, 1.82) is 0 Å². The van der Waals surface area contributed by atoms with E-state index in [0.29, 0.717) is 18.3 Å². The summed E-state index contributed by atoms with van der Waals surface area (Å²) in [7, 11) is 0. The second-order valence-corrected chi connectivity index (χ2v) is 6.09. The number of rotatable bonds is 8. The Labute approximate surface area is 147 Å². The van der Waals surface area contributed by atoms with E-state index in [4.69, 9.17) is 9.63 Å². The van der Waals surface area contributed by atoms with Crippen LogP contribution in [0.4, 0.5) is 0 Å². The first-order valence-corrected chi connectivity index (χ1v) is 8.55. The highest BCUT2D eigenvalue weighted by Crippen LogP contribution is 2.20. The van der Waals surface area contributed by atoms with Crippen molar-refractivity contribution in [2.45, 2.75) is 32.4 Å². The molecule has 130 valence electrons. The van der Waals surface area contributed by atoms with Crippen LogP contribution in [-0.2, 0) is 6.54 Å². The van der Waals surface area contributed by atoms with Gasteiger partial charge in [0, 0.05) is 18.2 Å².